The lowest BCUT2D eigenvalue weighted by atomic mass is 10.1. The van der Waals surface area contributed by atoms with Gasteiger partial charge in [-0.15, -0.1) is 0 Å². The quantitative estimate of drug-likeness (QED) is 0.132. The molecule has 0 saturated carbocycles. The lowest BCUT2D eigenvalue weighted by Crippen LogP contribution is -2.54. The van der Waals surface area contributed by atoms with Crippen molar-refractivity contribution in [2.45, 2.75) is 6.61 Å². The minimum atomic E-state index is -0.886. The van der Waals surface area contributed by atoms with Crippen LogP contribution in [-0.4, -0.2) is 36.7 Å². The molecule has 3 aromatic rings. The third kappa shape index (κ3) is 5.20. The van der Waals surface area contributed by atoms with Gasteiger partial charge >= 0.3 is 6.03 Å². The molecular weight excluding hydrogens is 625 g/mol. The number of halogens is 1. The number of non-ortho nitro benzene ring substituents is 1. The summed E-state index contributed by atoms with van der Waals surface area (Å²) in [6.07, 6.45) is 1.36. The first-order valence-corrected chi connectivity index (χ1v) is 12.4. The smallest absolute Gasteiger partial charge is 0.335 e. The summed E-state index contributed by atoms with van der Waals surface area (Å²) in [6, 6.07) is 12.9. The van der Waals surface area contributed by atoms with E-state index >= 15 is 0 Å². The zero-order chi connectivity index (χ0) is 27.7. The Balaban J connectivity index is 1.40. The van der Waals surface area contributed by atoms with E-state index in [0.29, 0.717) is 37.7 Å². The second kappa shape index (κ2) is 10.6. The topological polar surface area (TPSA) is 147 Å². The Morgan fingerprint density at radius 3 is 2.54 bits per heavy atom. The van der Waals surface area contributed by atoms with Crippen LogP contribution in [0.5, 0.6) is 23.0 Å². The highest BCUT2D eigenvalue weighted by Gasteiger charge is 2.37. The van der Waals surface area contributed by atoms with Crippen LogP contribution in [0.3, 0.4) is 0 Å². The third-order valence-electron chi connectivity index (χ3n) is 5.81. The van der Waals surface area contributed by atoms with Gasteiger partial charge in [0.05, 0.1) is 21.3 Å². The maximum absolute atomic E-state index is 13.3. The molecule has 4 amide bonds. The van der Waals surface area contributed by atoms with E-state index in [2.05, 4.69) is 5.32 Å². The van der Waals surface area contributed by atoms with Crippen LogP contribution in [0.25, 0.3) is 6.08 Å². The Bertz CT molecular complexity index is 1550. The molecule has 1 fully saturated rings. The molecule has 2 aliphatic heterocycles. The van der Waals surface area contributed by atoms with Crippen molar-refractivity contribution in [2.75, 3.05) is 18.8 Å². The van der Waals surface area contributed by atoms with E-state index in [4.69, 9.17) is 18.9 Å². The van der Waals surface area contributed by atoms with Crippen molar-refractivity contribution in [3.63, 3.8) is 0 Å². The van der Waals surface area contributed by atoms with Gasteiger partial charge < -0.3 is 18.9 Å². The van der Waals surface area contributed by atoms with Gasteiger partial charge in [-0.2, -0.15) is 0 Å². The number of carbonyl (C=O) groups is 3. The summed E-state index contributed by atoms with van der Waals surface area (Å²) >= 11 is 2.03. The molecule has 0 aromatic heterocycles. The van der Waals surface area contributed by atoms with Crippen molar-refractivity contribution in [1.29, 1.82) is 0 Å². The number of barbiturate groups is 1. The number of nitro benzene ring substituents is 1. The molecule has 3 aromatic carbocycles. The maximum atomic E-state index is 13.3. The molecule has 0 atom stereocenters. The van der Waals surface area contributed by atoms with Gasteiger partial charge in [-0.25, -0.2) is 9.69 Å². The Kier molecular flexibility index (Phi) is 7.06. The predicted octanol–water partition coefficient (Wildman–Crippen LogP) is 4.18. The summed E-state index contributed by atoms with van der Waals surface area (Å²) in [5, 5.41) is 13.0. The van der Waals surface area contributed by atoms with Crippen molar-refractivity contribution >= 4 is 57.9 Å². The van der Waals surface area contributed by atoms with E-state index in [1.807, 2.05) is 22.6 Å². The van der Waals surface area contributed by atoms with Crippen LogP contribution in [0.2, 0.25) is 0 Å². The third-order valence-corrected chi connectivity index (χ3v) is 6.61. The van der Waals surface area contributed by atoms with Gasteiger partial charge in [-0.1, -0.05) is 0 Å². The molecule has 0 radical (unpaired) electrons. The van der Waals surface area contributed by atoms with Crippen molar-refractivity contribution in [2.24, 2.45) is 0 Å². The fraction of sp³-hybridized carbons (Fsp3) is 0.115. The predicted molar refractivity (Wildman–Crippen MR) is 145 cm³/mol. The van der Waals surface area contributed by atoms with E-state index in [1.54, 1.807) is 30.3 Å². The largest absolute Gasteiger partial charge is 0.493 e. The SMILES string of the molecule is COc1cc(/C=C2\C(=O)NC(=O)N(c3ccc4c(c3)OCO4)C2=O)cc(I)c1OCc1ccc([N+](=O)[O-])cc1. The van der Waals surface area contributed by atoms with Crippen LogP contribution < -0.4 is 29.2 Å². The monoisotopic (exact) mass is 643 g/mol. The van der Waals surface area contributed by atoms with E-state index in [1.165, 1.54) is 37.5 Å². The number of hydrogen-bond donors (Lipinski definition) is 1. The molecule has 0 aliphatic carbocycles. The molecule has 2 aliphatic rings. The zero-order valence-corrected chi connectivity index (χ0v) is 22.3. The standard InChI is InChI=1S/C26H18IN3O9/c1-36-22-10-15(9-19(27)23(22)37-12-14-2-4-16(5-3-14)30(34)35)8-18-24(31)28-26(33)29(25(18)32)17-6-7-20-21(11-17)39-13-38-20/h2-11H,12-13H2,1H3,(H,28,31,33)/b18-8+. The van der Waals surface area contributed by atoms with Crippen LogP contribution >= 0.6 is 22.6 Å². The summed E-state index contributed by atoms with van der Waals surface area (Å²) < 4.78 is 22.6. The van der Waals surface area contributed by atoms with Crippen LogP contribution in [0.15, 0.2) is 60.2 Å². The van der Waals surface area contributed by atoms with Crippen molar-refractivity contribution in [3.05, 3.63) is 85.0 Å². The lowest BCUT2D eigenvalue weighted by molar-refractivity contribution is -0.384. The summed E-state index contributed by atoms with van der Waals surface area (Å²) in [4.78, 5) is 49.7. The second-order valence-electron chi connectivity index (χ2n) is 8.24. The van der Waals surface area contributed by atoms with Crippen molar-refractivity contribution in [3.8, 4) is 23.0 Å². The molecule has 0 unspecified atom stereocenters. The average molecular weight is 643 g/mol. The number of benzene rings is 3. The summed E-state index contributed by atoms with van der Waals surface area (Å²) in [6.45, 7) is 0.148. The number of urea groups is 1. The molecule has 2 heterocycles. The highest BCUT2D eigenvalue weighted by Crippen LogP contribution is 2.38. The fourth-order valence-electron chi connectivity index (χ4n) is 3.92. The van der Waals surface area contributed by atoms with Crippen molar-refractivity contribution < 1.29 is 38.3 Å². The molecule has 13 heteroatoms. The van der Waals surface area contributed by atoms with E-state index in [9.17, 15) is 24.5 Å². The normalized spacial score (nSPS) is 15.4. The molecule has 0 spiro atoms. The number of carbonyl (C=O) groups excluding carboxylic acids is 3. The average Bonchev–Trinajstić information content (AvgIpc) is 3.38. The number of nitrogens with zero attached hydrogens (tertiary/aromatic N) is 2. The number of methoxy groups -OCH3 is 1. The maximum Gasteiger partial charge on any atom is 0.335 e. The van der Waals surface area contributed by atoms with E-state index in [0.717, 1.165) is 4.90 Å². The van der Waals surface area contributed by atoms with Gasteiger partial charge in [0, 0.05) is 18.2 Å². The number of amides is 4. The van der Waals surface area contributed by atoms with Gasteiger partial charge in [0.25, 0.3) is 17.5 Å². The number of nitrogens with one attached hydrogen (secondary N) is 1. The van der Waals surface area contributed by atoms with Gasteiger partial charge in [-0.05, 0) is 76.2 Å². The summed E-state index contributed by atoms with van der Waals surface area (Å²) in [7, 11) is 1.44. The molecule has 0 bridgehead atoms. The lowest BCUT2D eigenvalue weighted by Gasteiger charge is -2.26. The summed E-state index contributed by atoms with van der Waals surface area (Å²) in [5.41, 5.74) is 1.09. The number of fused-ring (bicyclic) bond motifs is 1. The highest BCUT2D eigenvalue weighted by atomic mass is 127. The number of nitro groups is 1. The first kappa shape index (κ1) is 26.0. The number of hydrogen-bond acceptors (Lipinski definition) is 9. The Morgan fingerprint density at radius 2 is 1.82 bits per heavy atom. The number of imide groups is 2. The zero-order valence-electron chi connectivity index (χ0n) is 20.1. The highest BCUT2D eigenvalue weighted by molar-refractivity contribution is 14.1. The molecular formula is C26H18IN3O9. The Morgan fingerprint density at radius 1 is 1.08 bits per heavy atom. The number of anilines is 1. The first-order chi connectivity index (χ1) is 18.7. The van der Waals surface area contributed by atoms with Gasteiger partial charge in [0.15, 0.2) is 23.0 Å². The van der Waals surface area contributed by atoms with Gasteiger partial charge in [-0.3, -0.25) is 25.0 Å². The molecule has 12 nitrogen and oxygen atoms in total. The number of ether oxygens (including phenoxy) is 4. The minimum Gasteiger partial charge on any atom is -0.493 e. The first-order valence-electron chi connectivity index (χ1n) is 11.3. The molecule has 39 heavy (non-hydrogen) atoms. The van der Waals surface area contributed by atoms with E-state index < -0.39 is 22.8 Å². The molecule has 198 valence electrons. The van der Waals surface area contributed by atoms with Crippen LogP contribution in [0.1, 0.15) is 11.1 Å². The van der Waals surface area contributed by atoms with Crippen molar-refractivity contribution in [1.82, 2.24) is 5.32 Å². The van der Waals surface area contributed by atoms with E-state index in [-0.39, 0.29) is 30.3 Å². The molecule has 5 rings (SSSR count). The Labute approximate surface area is 234 Å². The Hall–Kier alpha value is -4.66. The summed E-state index contributed by atoms with van der Waals surface area (Å²) in [5.74, 6) is -0.0464. The van der Waals surface area contributed by atoms with Gasteiger partial charge in [0.2, 0.25) is 6.79 Å². The van der Waals surface area contributed by atoms with Crippen LogP contribution in [-0.2, 0) is 16.2 Å². The fourth-order valence-corrected chi connectivity index (χ4v) is 4.70. The molecule has 1 N–H and O–H groups in total. The van der Waals surface area contributed by atoms with Crippen LogP contribution in [0.4, 0.5) is 16.2 Å². The minimum absolute atomic E-state index is 0.0244. The molecule has 1 saturated heterocycles. The van der Waals surface area contributed by atoms with Gasteiger partial charge in [0.1, 0.15) is 12.2 Å². The number of rotatable bonds is 7. The van der Waals surface area contributed by atoms with Crippen LogP contribution in [0, 0.1) is 13.7 Å². The second-order valence-corrected chi connectivity index (χ2v) is 9.40.